The first kappa shape index (κ1) is 21.8. The minimum atomic E-state index is -0.646. The predicted molar refractivity (Wildman–Crippen MR) is 117 cm³/mol. The highest BCUT2D eigenvalue weighted by Crippen LogP contribution is 2.33. The molecule has 2 heterocycles. The van der Waals surface area contributed by atoms with Crippen LogP contribution < -0.4 is 5.32 Å². The molecule has 2 aromatic carbocycles. The molecule has 1 fully saturated rings. The molecule has 0 bridgehead atoms. The molecule has 3 amide bonds. The van der Waals surface area contributed by atoms with Gasteiger partial charge in [0.2, 0.25) is 5.91 Å². The summed E-state index contributed by atoms with van der Waals surface area (Å²) in [6, 6.07) is 12.6. The number of thioether (sulfide) groups is 1. The van der Waals surface area contributed by atoms with Gasteiger partial charge in [-0.25, -0.2) is 8.78 Å². The van der Waals surface area contributed by atoms with Gasteiger partial charge in [0, 0.05) is 17.3 Å². The van der Waals surface area contributed by atoms with E-state index in [0.29, 0.717) is 28.8 Å². The minimum Gasteiger partial charge on any atom is -0.457 e. The molecule has 1 aliphatic heterocycles. The number of amides is 3. The molecule has 32 heavy (non-hydrogen) atoms. The number of furan rings is 1. The van der Waals surface area contributed by atoms with Crippen molar-refractivity contribution in [2.24, 2.45) is 0 Å². The second kappa shape index (κ2) is 8.97. The number of halogens is 3. The van der Waals surface area contributed by atoms with Gasteiger partial charge >= 0.3 is 0 Å². The van der Waals surface area contributed by atoms with Gasteiger partial charge in [0.05, 0.1) is 9.93 Å². The van der Waals surface area contributed by atoms with Crippen LogP contribution in [0.3, 0.4) is 0 Å². The Balaban J connectivity index is 1.44. The maximum Gasteiger partial charge on any atom is 0.294 e. The number of anilines is 1. The first-order valence-corrected chi connectivity index (χ1v) is 10.4. The second-order valence-corrected chi connectivity index (χ2v) is 8.05. The first-order valence-electron chi connectivity index (χ1n) is 9.16. The predicted octanol–water partition coefficient (Wildman–Crippen LogP) is 5.55. The fourth-order valence-corrected chi connectivity index (χ4v) is 3.88. The van der Waals surface area contributed by atoms with Crippen LogP contribution in [0, 0.1) is 11.6 Å². The van der Waals surface area contributed by atoms with Crippen LogP contribution in [-0.2, 0) is 9.59 Å². The van der Waals surface area contributed by atoms with Crippen molar-refractivity contribution in [1.29, 1.82) is 0 Å². The molecule has 0 radical (unpaired) electrons. The Bertz CT molecular complexity index is 1260. The van der Waals surface area contributed by atoms with Crippen LogP contribution in [0.15, 0.2) is 63.9 Å². The molecule has 1 aliphatic rings. The van der Waals surface area contributed by atoms with Gasteiger partial charge in [0.25, 0.3) is 11.1 Å². The van der Waals surface area contributed by atoms with Crippen molar-refractivity contribution >= 4 is 52.2 Å². The summed E-state index contributed by atoms with van der Waals surface area (Å²) < 4.78 is 32.0. The van der Waals surface area contributed by atoms with Crippen molar-refractivity contribution in [3.05, 3.63) is 81.9 Å². The molecule has 10 heteroatoms. The number of nitrogens with one attached hydrogen (secondary N) is 1. The zero-order valence-corrected chi connectivity index (χ0v) is 17.7. The fourth-order valence-electron chi connectivity index (χ4n) is 2.88. The maximum absolute atomic E-state index is 13.2. The van der Waals surface area contributed by atoms with E-state index in [2.05, 4.69) is 5.32 Å². The molecule has 6 nitrogen and oxygen atoms in total. The molecule has 0 spiro atoms. The third-order valence-electron chi connectivity index (χ3n) is 4.41. The zero-order valence-electron chi connectivity index (χ0n) is 16.1. The second-order valence-electron chi connectivity index (χ2n) is 6.65. The third kappa shape index (κ3) is 4.74. The Morgan fingerprint density at radius 3 is 2.56 bits per heavy atom. The molecule has 1 aromatic heterocycles. The summed E-state index contributed by atoms with van der Waals surface area (Å²) in [5, 5.41) is 1.67. The highest BCUT2D eigenvalue weighted by atomic mass is 35.5. The molecule has 0 saturated carbocycles. The Kier molecular flexibility index (Phi) is 6.11. The number of rotatable bonds is 5. The molecule has 1 saturated heterocycles. The number of nitrogens with zero attached hydrogens (tertiary/aromatic N) is 1. The lowest BCUT2D eigenvalue weighted by Gasteiger charge is -2.12. The smallest absolute Gasteiger partial charge is 0.294 e. The summed E-state index contributed by atoms with van der Waals surface area (Å²) in [7, 11) is 0. The SMILES string of the molecule is O=C(CN1C(=O)S/C(=C\c2ccc(-c3ccc(F)cc3)o2)C1=O)Nc1ccc(F)c(Cl)c1. The lowest BCUT2D eigenvalue weighted by Crippen LogP contribution is -2.36. The Morgan fingerprint density at radius 1 is 1.09 bits per heavy atom. The van der Waals surface area contributed by atoms with Crippen molar-refractivity contribution in [2.75, 3.05) is 11.9 Å². The van der Waals surface area contributed by atoms with Crippen molar-refractivity contribution in [2.45, 2.75) is 0 Å². The Morgan fingerprint density at radius 2 is 1.84 bits per heavy atom. The summed E-state index contributed by atoms with van der Waals surface area (Å²) in [4.78, 5) is 38.0. The van der Waals surface area contributed by atoms with Crippen molar-refractivity contribution in [3.63, 3.8) is 0 Å². The molecule has 0 aliphatic carbocycles. The van der Waals surface area contributed by atoms with Crippen LogP contribution >= 0.6 is 23.4 Å². The quantitative estimate of drug-likeness (QED) is 0.490. The van der Waals surface area contributed by atoms with Gasteiger partial charge in [-0.1, -0.05) is 11.6 Å². The van der Waals surface area contributed by atoms with E-state index in [9.17, 15) is 23.2 Å². The van der Waals surface area contributed by atoms with Gasteiger partial charge in [0.1, 0.15) is 29.7 Å². The molecule has 3 aromatic rings. The summed E-state index contributed by atoms with van der Waals surface area (Å²) in [6.07, 6.45) is 1.40. The first-order chi connectivity index (χ1) is 15.3. The molecule has 0 atom stereocenters. The molecule has 0 unspecified atom stereocenters. The lowest BCUT2D eigenvalue weighted by atomic mass is 10.2. The van der Waals surface area contributed by atoms with Gasteiger partial charge in [-0.2, -0.15) is 0 Å². The summed E-state index contributed by atoms with van der Waals surface area (Å²) in [6.45, 7) is -0.518. The summed E-state index contributed by atoms with van der Waals surface area (Å²) in [5.74, 6) is -1.52. The van der Waals surface area contributed by atoms with Gasteiger partial charge in [0.15, 0.2) is 0 Å². The number of carbonyl (C=O) groups is 3. The van der Waals surface area contributed by atoms with Crippen LogP contribution in [0.4, 0.5) is 19.3 Å². The van der Waals surface area contributed by atoms with E-state index in [4.69, 9.17) is 16.0 Å². The number of hydrogen-bond donors (Lipinski definition) is 1. The Labute approximate surface area is 189 Å². The number of benzene rings is 2. The molecular formula is C22H13ClF2N2O4S. The Hall–Kier alpha value is -3.43. The monoisotopic (exact) mass is 474 g/mol. The van der Waals surface area contributed by atoms with Gasteiger partial charge in [-0.05, 0) is 66.4 Å². The third-order valence-corrected chi connectivity index (χ3v) is 5.60. The molecular weight excluding hydrogens is 462 g/mol. The van der Waals surface area contributed by atoms with Crippen molar-refractivity contribution < 1.29 is 27.6 Å². The number of imide groups is 1. The zero-order chi connectivity index (χ0) is 22.8. The van der Waals surface area contributed by atoms with Crippen LogP contribution in [0.25, 0.3) is 17.4 Å². The van der Waals surface area contributed by atoms with E-state index in [1.54, 1.807) is 24.3 Å². The summed E-state index contributed by atoms with van der Waals surface area (Å²) in [5.41, 5.74) is 0.879. The fraction of sp³-hybridized carbons (Fsp3) is 0.0455. The molecule has 1 N–H and O–H groups in total. The van der Waals surface area contributed by atoms with E-state index in [1.807, 2.05) is 0 Å². The van der Waals surface area contributed by atoms with Crippen molar-refractivity contribution in [3.8, 4) is 11.3 Å². The maximum atomic E-state index is 13.2. The minimum absolute atomic E-state index is 0.0904. The largest absolute Gasteiger partial charge is 0.457 e. The summed E-state index contributed by atoms with van der Waals surface area (Å²) >= 11 is 6.35. The van der Waals surface area contributed by atoms with E-state index in [0.717, 1.165) is 11.0 Å². The van der Waals surface area contributed by atoms with Crippen LogP contribution in [0.5, 0.6) is 0 Å². The highest BCUT2D eigenvalue weighted by molar-refractivity contribution is 8.18. The van der Waals surface area contributed by atoms with Gasteiger partial charge in [-0.3, -0.25) is 19.3 Å². The van der Waals surface area contributed by atoms with E-state index < -0.39 is 29.4 Å². The van der Waals surface area contributed by atoms with Crippen LogP contribution in [0.2, 0.25) is 5.02 Å². The topological polar surface area (TPSA) is 79.6 Å². The van der Waals surface area contributed by atoms with E-state index >= 15 is 0 Å². The lowest BCUT2D eigenvalue weighted by molar-refractivity contribution is -0.127. The molecule has 4 rings (SSSR count). The average Bonchev–Trinajstić information content (AvgIpc) is 3.32. The molecule has 162 valence electrons. The van der Waals surface area contributed by atoms with Gasteiger partial charge < -0.3 is 9.73 Å². The van der Waals surface area contributed by atoms with Crippen LogP contribution in [-0.4, -0.2) is 28.5 Å². The standard InChI is InChI=1S/C22H13ClF2N2O4S/c23-16-9-14(5-7-17(16)25)26-20(28)11-27-21(29)19(32-22(27)30)10-15-6-8-18(31-15)12-1-3-13(24)4-2-12/h1-10H,11H2,(H,26,28)/b19-10-. The highest BCUT2D eigenvalue weighted by Gasteiger charge is 2.36. The van der Waals surface area contributed by atoms with E-state index in [1.165, 1.54) is 30.3 Å². The average molecular weight is 475 g/mol. The van der Waals surface area contributed by atoms with E-state index in [-0.39, 0.29) is 21.4 Å². The number of hydrogen-bond acceptors (Lipinski definition) is 5. The van der Waals surface area contributed by atoms with Gasteiger partial charge in [-0.15, -0.1) is 0 Å². The normalized spacial score (nSPS) is 15.0. The van der Waals surface area contributed by atoms with Crippen molar-refractivity contribution in [1.82, 2.24) is 4.90 Å². The number of carbonyl (C=O) groups excluding carboxylic acids is 3. The van der Waals surface area contributed by atoms with Crippen LogP contribution in [0.1, 0.15) is 5.76 Å².